The number of aryl methyl sites for hydroxylation is 1. The van der Waals surface area contributed by atoms with Crippen LogP contribution in [-0.2, 0) is 11.3 Å². The van der Waals surface area contributed by atoms with Gasteiger partial charge in [0.15, 0.2) is 5.78 Å². The molecule has 3 fully saturated rings. The summed E-state index contributed by atoms with van der Waals surface area (Å²) in [5, 5.41) is 26.2. The number of amides is 1. The maximum atomic E-state index is 14.7. The molecule has 2 spiro atoms. The summed E-state index contributed by atoms with van der Waals surface area (Å²) in [6, 6.07) is 18.3. The van der Waals surface area contributed by atoms with E-state index < -0.39 is 22.5 Å². The molecule has 8 atom stereocenters. The summed E-state index contributed by atoms with van der Waals surface area (Å²) >= 11 is 1.55. The fraction of sp³-hybridized carbons (Fsp3) is 0.524. The summed E-state index contributed by atoms with van der Waals surface area (Å²) < 4.78 is 5.62. The van der Waals surface area contributed by atoms with Crippen LogP contribution in [0.1, 0.15) is 85.8 Å². The molecule has 6 aliphatic rings. The number of Topliss-reactive ketones (excluding diaryl/α,β-unsaturated/α-hetero) is 1. The summed E-state index contributed by atoms with van der Waals surface area (Å²) in [6.45, 7) is 9.25. The van der Waals surface area contributed by atoms with Gasteiger partial charge in [0, 0.05) is 33.2 Å². The Morgan fingerprint density at radius 3 is 2.45 bits per heavy atom. The molecule has 1 unspecified atom stereocenters. The highest BCUT2D eigenvalue weighted by molar-refractivity contribution is 7.14. The van der Waals surface area contributed by atoms with Crippen LogP contribution in [0.2, 0.25) is 0 Å². The Hall–Kier alpha value is -3.26. The Kier molecular flexibility index (Phi) is 7.64. The van der Waals surface area contributed by atoms with Crippen molar-refractivity contribution in [2.75, 3.05) is 13.2 Å². The third-order valence-corrected chi connectivity index (χ3v) is 15.1. The van der Waals surface area contributed by atoms with Gasteiger partial charge in [-0.1, -0.05) is 74.5 Å². The van der Waals surface area contributed by atoms with E-state index in [1.54, 1.807) is 16.2 Å². The third-order valence-electron chi connectivity index (χ3n) is 14.1. The molecule has 0 aliphatic heterocycles. The molecular formula is C42H49NO5S. The van der Waals surface area contributed by atoms with Crippen molar-refractivity contribution in [1.29, 1.82) is 0 Å². The fourth-order valence-corrected chi connectivity index (χ4v) is 12.5. The molecule has 0 saturated heterocycles. The molecular weight excluding hydrogens is 631 g/mol. The molecule has 0 radical (unpaired) electrons. The number of carbonyl (C=O) groups is 2. The van der Waals surface area contributed by atoms with Gasteiger partial charge in [-0.2, -0.15) is 0 Å². The maximum absolute atomic E-state index is 14.7. The van der Waals surface area contributed by atoms with Gasteiger partial charge in [0.1, 0.15) is 0 Å². The zero-order valence-electron chi connectivity index (χ0n) is 29.2. The van der Waals surface area contributed by atoms with Crippen molar-refractivity contribution >= 4 is 34.0 Å². The second-order valence-electron chi connectivity index (χ2n) is 16.2. The lowest BCUT2D eigenvalue weighted by Crippen LogP contribution is -2.67. The van der Waals surface area contributed by atoms with E-state index >= 15 is 0 Å². The van der Waals surface area contributed by atoms with E-state index in [4.69, 9.17) is 4.74 Å². The van der Waals surface area contributed by atoms with Gasteiger partial charge in [-0.3, -0.25) is 4.79 Å². The van der Waals surface area contributed by atoms with Crippen molar-refractivity contribution in [2.45, 2.75) is 90.9 Å². The number of aliphatic hydroxyl groups excluding tert-OH is 1. The summed E-state index contributed by atoms with van der Waals surface area (Å²) in [7, 11) is 0. The second kappa shape index (κ2) is 11.4. The van der Waals surface area contributed by atoms with E-state index in [1.165, 1.54) is 0 Å². The average molecular weight is 680 g/mol. The van der Waals surface area contributed by atoms with Gasteiger partial charge >= 0.3 is 6.09 Å². The number of nitrogens with zero attached hydrogens (tertiary/aromatic N) is 1. The van der Waals surface area contributed by atoms with Gasteiger partial charge in [-0.15, -0.1) is 11.3 Å². The lowest BCUT2D eigenvalue weighted by molar-refractivity contribution is -0.175. The number of fused-ring (bicyclic) bond motifs is 2. The molecule has 6 nitrogen and oxygen atoms in total. The van der Waals surface area contributed by atoms with Crippen molar-refractivity contribution in [3.8, 4) is 0 Å². The first-order chi connectivity index (χ1) is 23.4. The molecule has 7 heteroatoms. The maximum Gasteiger partial charge on any atom is 0.410 e. The first kappa shape index (κ1) is 32.9. The largest absolute Gasteiger partial charge is 0.450 e. The number of rotatable bonds is 7. The number of ether oxygens (including phenoxy) is 1. The van der Waals surface area contributed by atoms with E-state index in [0.717, 1.165) is 63.8 Å². The van der Waals surface area contributed by atoms with Gasteiger partial charge in [-0.05, 0) is 105 Å². The second-order valence-corrected chi connectivity index (χ2v) is 17.5. The Balaban J connectivity index is 1.20. The summed E-state index contributed by atoms with van der Waals surface area (Å²) in [5.74, 6) is 0.331. The van der Waals surface area contributed by atoms with Crippen LogP contribution in [-0.4, -0.2) is 51.8 Å². The molecule has 3 saturated carbocycles. The van der Waals surface area contributed by atoms with Crippen LogP contribution in [0.25, 0.3) is 10.8 Å². The van der Waals surface area contributed by atoms with Crippen LogP contribution >= 0.6 is 11.3 Å². The van der Waals surface area contributed by atoms with Crippen molar-refractivity contribution in [1.82, 2.24) is 4.90 Å². The quantitative estimate of drug-likeness (QED) is 0.193. The number of hydrogen-bond acceptors (Lipinski definition) is 6. The first-order valence-corrected chi connectivity index (χ1v) is 19.0. The summed E-state index contributed by atoms with van der Waals surface area (Å²) in [6.07, 6.45) is 11.5. The Bertz CT molecular complexity index is 1890. The van der Waals surface area contributed by atoms with Gasteiger partial charge in [0.2, 0.25) is 0 Å². The number of allylic oxidation sites excluding steroid dienone is 4. The number of thiophene rings is 1. The summed E-state index contributed by atoms with van der Waals surface area (Å²) in [5.41, 5.74) is -0.831. The SMILES string of the molecule is CCOC(=O)N(Cc1cccc2ccccc12)C[C@]1(O)CC[C@H]2[C@]34C=C[C@@]5(C=C3C(=O)c3ccc(C)s3)CC(O)CC[C@]5(C)[C@H]4CC[C@@]21C. The van der Waals surface area contributed by atoms with Crippen LogP contribution in [0, 0.1) is 40.4 Å². The predicted molar refractivity (Wildman–Crippen MR) is 193 cm³/mol. The highest BCUT2D eigenvalue weighted by atomic mass is 32.1. The van der Waals surface area contributed by atoms with Crippen LogP contribution in [0.4, 0.5) is 4.79 Å². The number of aliphatic hydroxyl groups is 2. The first-order valence-electron chi connectivity index (χ1n) is 18.2. The number of benzene rings is 2. The van der Waals surface area contributed by atoms with E-state index in [-0.39, 0.29) is 47.7 Å². The topological polar surface area (TPSA) is 87.1 Å². The Morgan fingerprint density at radius 1 is 0.939 bits per heavy atom. The summed E-state index contributed by atoms with van der Waals surface area (Å²) in [4.78, 5) is 32.0. The molecule has 2 bridgehead atoms. The Labute approximate surface area is 293 Å². The van der Waals surface area contributed by atoms with Gasteiger partial charge in [-0.25, -0.2) is 4.79 Å². The fourth-order valence-electron chi connectivity index (χ4n) is 11.6. The molecule has 2 aromatic carbocycles. The standard InChI is InChI=1S/C42H49NO5S/c1-5-48-37(46)43(25-29-11-8-10-28-9-6-7-12-31(28)29)26-41(47)20-17-35-39(41,4)19-16-34-38(3)18-15-30(44)23-40(38)21-22-42(34,35)32(24-40)36(45)33-14-13-27(2)49-33/h6-14,21-22,24,30,34-35,44,47H,5,15-20,23,25-26H2,1-4H3/t30?,34-,35-,38-,39+,40+,41-,42-/m1/s1. The highest BCUT2D eigenvalue weighted by Crippen LogP contribution is 2.78. The molecule has 2 N–H and O–H groups in total. The Morgan fingerprint density at radius 2 is 1.67 bits per heavy atom. The van der Waals surface area contributed by atoms with Crippen LogP contribution in [0.15, 0.2) is 78.4 Å². The molecule has 49 heavy (non-hydrogen) atoms. The van der Waals surface area contributed by atoms with Crippen molar-refractivity contribution in [3.63, 3.8) is 0 Å². The molecule has 1 amide bonds. The zero-order valence-corrected chi connectivity index (χ0v) is 30.0. The van der Waals surface area contributed by atoms with Gasteiger partial charge in [0.05, 0.1) is 29.7 Å². The van der Waals surface area contributed by atoms with E-state index in [9.17, 15) is 19.8 Å². The van der Waals surface area contributed by atoms with E-state index in [2.05, 4.69) is 56.3 Å². The van der Waals surface area contributed by atoms with Crippen LogP contribution < -0.4 is 0 Å². The smallest absolute Gasteiger partial charge is 0.410 e. The molecule has 1 aromatic heterocycles. The van der Waals surface area contributed by atoms with Crippen molar-refractivity contribution in [3.05, 3.63) is 93.7 Å². The van der Waals surface area contributed by atoms with Gasteiger partial charge in [0.25, 0.3) is 0 Å². The normalized spacial score (nSPS) is 37.3. The third kappa shape index (κ3) is 4.57. The lowest BCUT2D eigenvalue weighted by Gasteiger charge is -2.71. The minimum absolute atomic E-state index is 0.0137. The molecule has 258 valence electrons. The monoisotopic (exact) mass is 679 g/mol. The number of carbonyl (C=O) groups excluding carboxylic acids is 2. The zero-order chi connectivity index (χ0) is 34.4. The predicted octanol–water partition coefficient (Wildman–Crippen LogP) is 8.64. The minimum atomic E-state index is -1.17. The minimum Gasteiger partial charge on any atom is -0.450 e. The van der Waals surface area contributed by atoms with Crippen LogP contribution in [0.5, 0.6) is 0 Å². The van der Waals surface area contributed by atoms with Crippen molar-refractivity contribution < 1.29 is 24.5 Å². The van der Waals surface area contributed by atoms with E-state index in [0.29, 0.717) is 19.4 Å². The van der Waals surface area contributed by atoms with Crippen molar-refractivity contribution in [2.24, 2.45) is 33.5 Å². The molecule has 9 rings (SSSR count). The molecule has 1 heterocycles. The highest BCUT2D eigenvalue weighted by Gasteiger charge is 2.74. The van der Waals surface area contributed by atoms with Crippen LogP contribution in [0.3, 0.4) is 0 Å². The molecule has 3 aromatic rings. The number of hydrogen-bond donors (Lipinski definition) is 2. The van der Waals surface area contributed by atoms with E-state index in [1.807, 2.05) is 44.2 Å². The van der Waals surface area contributed by atoms with Gasteiger partial charge < -0.3 is 19.8 Å². The number of ketones is 1. The average Bonchev–Trinajstić information content (AvgIpc) is 3.64. The lowest BCUT2D eigenvalue weighted by atomic mass is 9.32. The molecule has 6 aliphatic carbocycles.